The zero-order valence-corrected chi connectivity index (χ0v) is 7.94. The van der Waals surface area contributed by atoms with Crippen molar-refractivity contribution in [2.75, 3.05) is 18.5 Å². The Balaban J connectivity index is 2.69. The predicted molar refractivity (Wildman–Crippen MR) is 49.7 cm³/mol. The Bertz CT molecular complexity index is 267. The molecule has 0 aliphatic rings. The number of rotatable bonds is 3. The number of anilines is 1. The van der Waals surface area contributed by atoms with Crippen LogP contribution in [-0.2, 0) is 0 Å². The van der Waals surface area contributed by atoms with E-state index >= 15 is 0 Å². The lowest BCUT2D eigenvalue weighted by atomic mass is 10.3. The van der Waals surface area contributed by atoms with Gasteiger partial charge in [-0.2, -0.15) is 0 Å². The van der Waals surface area contributed by atoms with E-state index in [1.54, 1.807) is 12.1 Å². The van der Waals surface area contributed by atoms with Gasteiger partial charge in [-0.25, -0.2) is 4.39 Å². The molecule has 1 rings (SSSR count). The average Bonchev–Trinajstić information content (AvgIpc) is 2.07. The molecular weight excluding hydrogens is 225 g/mol. The van der Waals surface area contributed by atoms with Gasteiger partial charge >= 0.3 is 0 Å². The fourth-order valence-corrected chi connectivity index (χ4v) is 1.05. The predicted octanol–water partition coefficient (Wildman–Crippen LogP) is 1.99. The van der Waals surface area contributed by atoms with Gasteiger partial charge in [-0.05, 0) is 34.1 Å². The lowest BCUT2D eigenvalue weighted by Gasteiger charge is -2.04. The molecule has 4 heteroatoms. The first-order valence-electron chi connectivity index (χ1n) is 3.54. The monoisotopic (exact) mass is 233 g/mol. The minimum atomic E-state index is -0.307. The van der Waals surface area contributed by atoms with Crippen molar-refractivity contribution in [3.8, 4) is 0 Å². The molecule has 12 heavy (non-hydrogen) atoms. The molecule has 0 radical (unpaired) electrons. The molecule has 0 saturated heterocycles. The SMILES string of the molecule is OCCNc1ccc(Br)c(F)c1. The first-order valence-corrected chi connectivity index (χ1v) is 4.33. The van der Waals surface area contributed by atoms with Crippen molar-refractivity contribution in [2.24, 2.45) is 0 Å². The summed E-state index contributed by atoms with van der Waals surface area (Å²) in [6.45, 7) is 0.471. The van der Waals surface area contributed by atoms with Crippen molar-refractivity contribution in [1.29, 1.82) is 0 Å². The maximum atomic E-state index is 12.9. The van der Waals surface area contributed by atoms with Crippen molar-refractivity contribution in [3.05, 3.63) is 28.5 Å². The Kier molecular flexibility index (Phi) is 3.49. The molecule has 0 atom stereocenters. The van der Waals surface area contributed by atoms with Gasteiger partial charge in [-0.3, -0.25) is 0 Å². The maximum Gasteiger partial charge on any atom is 0.139 e. The van der Waals surface area contributed by atoms with Crippen LogP contribution in [0, 0.1) is 5.82 Å². The largest absolute Gasteiger partial charge is 0.395 e. The number of nitrogens with one attached hydrogen (secondary N) is 1. The topological polar surface area (TPSA) is 32.3 Å². The van der Waals surface area contributed by atoms with Crippen LogP contribution in [0.3, 0.4) is 0 Å². The van der Waals surface area contributed by atoms with Gasteiger partial charge in [0.25, 0.3) is 0 Å². The fourth-order valence-electron chi connectivity index (χ4n) is 0.806. The molecule has 1 aromatic rings. The Hall–Kier alpha value is -0.610. The van der Waals surface area contributed by atoms with Crippen molar-refractivity contribution < 1.29 is 9.50 Å². The molecule has 0 saturated carbocycles. The van der Waals surface area contributed by atoms with Crippen LogP contribution in [0.4, 0.5) is 10.1 Å². The number of aliphatic hydroxyl groups excluding tert-OH is 1. The lowest BCUT2D eigenvalue weighted by molar-refractivity contribution is 0.311. The summed E-state index contributed by atoms with van der Waals surface area (Å²) in [6, 6.07) is 4.73. The second-order valence-corrected chi connectivity index (χ2v) is 3.13. The molecule has 0 aliphatic heterocycles. The minimum Gasteiger partial charge on any atom is -0.395 e. The highest BCUT2D eigenvalue weighted by atomic mass is 79.9. The summed E-state index contributed by atoms with van der Waals surface area (Å²) in [5.74, 6) is -0.307. The van der Waals surface area contributed by atoms with E-state index in [2.05, 4.69) is 21.2 Å². The van der Waals surface area contributed by atoms with Crippen LogP contribution in [0.2, 0.25) is 0 Å². The molecule has 0 aromatic heterocycles. The van der Waals surface area contributed by atoms with Crippen LogP contribution in [0.1, 0.15) is 0 Å². The van der Waals surface area contributed by atoms with E-state index in [0.717, 1.165) is 0 Å². The maximum absolute atomic E-state index is 12.9. The molecule has 0 unspecified atom stereocenters. The molecule has 2 nitrogen and oxygen atoms in total. The van der Waals surface area contributed by atoms with Crippen LogP contribution in [-0.4, -0.2) is 18.3 Å². The number of hydrogen-bond acceptors (Lipinski definition) is 2. The summed E-state index contributed by atoms with van der Waals surface area (Å²) in [4.78, 5) is 0. The molecule has 0 bridgehead atoms. The van der Waals surface area contributed by atoms with Crippen LogP contribution >= 0.6 is 15.9 Å². The average molecular weight is 234 g/mol. The van der Waals surface area contributed by atoms with Crippen LogP contribution in [0.25, 0.3) is 0 Å². The normalized spacial score (nSPS) is 9.92. The first kappa shape index (κ1) is 9.48. The van der Waals surface area contributed by atoms with Crippen molar-refractivity contribution in [1.82, 2.24) is 0 Å². The summed E-state index contributed by atoms with van der Waals surface area (Å²) < 4.78 is 13.3. The van der Waals surface area contributed by atoms with Crippen LogP contribution in [0.15, 0.2) is 22.7 Å². The third-order valence-electron chi connectivity index (χ3n) is 1.36. The van der Waals surface area contributed by atoms with Gasteiger partial charge in [0.15, 0.2) is 0 Å². The standard InChI is InChI=1S/C8H9BrFNO/c9-7-2-1-6(5-8(7)10)11-3-4-12/h1-2,5,11-12H,3-4H2. The number of hydrogen-bond donors (Lipinski definition) is 2. The smallest absolute Gasteiger partial charge is 0.139 e. The van der Waals surface area contributed by atoms with Gasteiger partial charge < -0.3 is 10.4 Å². The second kappa shape index (κ2) is 4.42. The van der Waals surface area contributed by atoms with Crippen LogP contribution < -0.4 is 5.32 Å². The van der Waals surface area contributed by atoms with Gasteiger partial charge in [0.1, 0.15) is 5.82 Å². The lowest BCUT2D eigenvalue weighted by Crippen LogP contribution is -2.05. The van der Waals surface area contributed by atoms with Gasteiger partial charge in [0.05, 0.1) is 11.1 Å². The third-order valence-corrected chi connectivity index (χ3v) is 2.00. The highest BCUT2D eigenvalue weighted by Gasteiger charge is 1.98. The van der Waals surface area contributed by atoms with E-state index in [1.165, 1.54) is 6.07 Å². The van der Waals surface area contributed by atoms with E-state index in [-0.39, 0.29) is 12.4 Å². The Morgan fingerprint density at radius 1 is 1.50 bits per heavy atom. The number of benzene rings is 1. The Morgan fingerprint density at radius 2 is 2.25 bits per heavy atom. The van der Waals surface area contributed by atoms with E-state index in [4.69, 9.17) is 5.11 Å². The second-order valence-electron chi connectivity index (χ2n) is 2.28. The zero-order chi connectivity index (χ0) is 8.97. The highest BCUT2D eigenvalue weighted by Crippen LogP contribution is 2.18. The minimum absolute atomic E-state index is 0.0394. The summed E-state index contributed by atoms with van der Waals surface area (Å²) in [5, 5.41) is 11.3. The fraction of sp³-hybridized carbons (Fsp3) is 0.250. The van der Waals surface area contributed by atoms with Crippen molar-refractivity contribution >= 4 is 21.6 Å². The van der Waals surface area contributed by atoms with Gasteiger partial charge in [-0.15, -0.1) is 0 Å². The molecule has 0 heterocycles. The quantitative estimate of drug-likeness (QED) is 0.838. The molecule has 2 N–H and O–H groups in total. The van der Waals surface area contributed by atoms with E-state index in [0.29, 0.717) is 16.7 Å². The van der Waals surface area contributed by atoms with Crippen molar-refractivity contribution in [3.63, 3.8) is 0 Å². The van der Waals surface area contributed by atoms with Gasteiger partial charge in [0, 0.05) is 12.2 Å². The molecule has 0 spiro atoms. The first-order chi connectivity index (χ1) is 5.74. The summed E-state index contributed by atoms with van der Waals surface area (Å²) in [5.41, 5.74) is 0.671. The van der Waals surface area contributed by atoms with Crippen molar-refractivity contribution in [2.45, 2.75) is 0 Å². The summed E-state index contributed by atoms with van der Waals surface area (Å²) >= 11 is 3.05. The number of halogens is 2. The molecular formula is C8H9BrFNO. The van der Waals surface area contributed by atoms with Gasteiger partial charge in [0.2, 0.25) is 0 Å². The third kappa shape index (κ3) is 2.46. The zero-order valence-electron chi connectivity index (χ0n) is 6.35. The molecule has 0 amide bonds. The highest BCUT2D eigenvalue weighted by molar-refractivity contribution is 9.10. The van der Waals surface area contributed by atoms with E-state index < -0.39 is 0 Å². The Morgan fingerprint density at radius 3 is 2.83 bits per heavy atom. The molecule has 0 aliphatic carbocycles. The van der Waals surface area contributed by atoms with E-state index in [9.17, 15) is 4.39 Å². The number of aliphatic hydroxyl groups is 1. The Labute approximate surface area is 78.5 Å². The summed E-state index contributed by atoms with van der Waals surface area (Å²) in [7, 11) is 0. The van der Waals surface area contributed by atoms with Crippen LogP contribution in [0.5, 0.6) is 0 Å². The van der Waals surface area contributed by atoms with Gasteiger partial charge in [-0.1, -0.05) is 0 Å². The van der Waals surface area contributed by atoms with E-state index in [1.807, 2.05) is 0 Å². The molecule has 0 fully saturated rings. The summed E-state index contributed by atoms with van der Waals surface area (Å²) in [6.07, 6.45) is 0. The molecule has 1 aromatic carbocycles. The molecule has 66 valence electrons.